The molecule has 0 radical (unpaired) electrons. The van der Waals surface area contributed by atoms with Crippen LogP contribution in [0.25, 0.3) is 16.7 Å². The summed E-state index contributed by atoms with van der Waals surface area (Å²) in [5.74, 6) is 2.31. The molecule has 5 nitrogen and oxygen atoms in total. The molecule has 22 heavy (non-hydrogen) atoms. The van der Waals surface area contributed by atoms with Crippen LogP contribution in [0.5, 0.6) is 0 Å². The van der Waals surface area contributed by atoms with Gasteiger partial charge in [0.05, 0.1) is 11.1 Å². The van der Waals surface area contributed by atoms with Crippen molar-refractivity contribution in [2.75, 3.05) is 5.32 Å². The zero-order valence-corrected chi connectivity index (χ0v) is 11.9. The predicted octanol–water partition coefficient (Wildman–Crippen LogP) is 3.41. The summed E-state index contributed by atoms with van der Waals surface area (Å²) in [4.78, 5) is 19.4. The average molecular weight is 291 g/mol. The van der Waals surface area contributed by atoms with Crippen molar-refractivity contribution in [2.24, 2.45) is 0 Å². The second kappa shape index (κ2) is 5.68. The lowest BCUT2D eigenvalue weighted by atomic mass is 10.1. The molecule has 0 aliphatic heterocycles. The maximum absolute atomic E-state index is 10.7. The summed E-state index contributed by atoms with van der Waals surface area (Å²) in [6.07, 6.45) is 1.71. The molecule has 3 aromatic rings. The molecule has 0 atom stereocenters. The van der Waals surface area contributed by atoms with E-state index in [-0.39, 0.29) is 0 Å². The maximum atomic E-state index is 10.7. The Hall–Kier alpha value is -3.17. The Balaban J connectivity index is 2.07. The molecule has 0 bridgehead atoms. The zero-order valence-electron chi connectivity index (χ0n) is 11.9. The van der Waals surface area contributed by atoms with E-state index in [0.29, 0.717) is 22.7 Å². The number of carbonyl (C=O) groups excluding carboxylic acids is 1. The van der Waals surface area contributed by atoms with Crippen molar-refractivity contribution in [2.45, 2.75) is 6.92 Å². The summed E-state index contributed by atoms with van der Waals surface area (Å²) in [5.41, 5.74) is 1.97. The number of anilines is 2. The first-order valence-corrected chi connectivity index (χ1v) is 6.71. The van der Waals surface area contributed by atoms with Crippen molar-refractivity contribution in [1.29, 1.82) is 0 Å². The van der Waals surface area contributed by atoms with E-state index in [1.807, 2.05) is 37.3 Å². The maximum Gasteiger partial charge on any atom is 0.210 e. The van der Waals surface area contributed by atoms with Gasteiger partial charge in [0.2, 0.25) is 5.76 Å². The number of rotatable bonds is 3. The lowest BCUT2D eigenvalue weighted by Gasteiger charge is -2.08. The Bertz CT molecular complexity index is 899. The lowest BCUT2D eigenvalue weighted by Crippen LogP contribution is -1.98. The Morgan fingerprint density at radius 1 is 1.18 bits per heavy atom. The first-order valence-electron chi connectivity index (χ1n) is 6.71. The van der Waals surface area contributed by atoms with Crippen LogP contribution in [0.15, 0.2) is 48.7 Å². The van der Waals surface area contributed by atoms with Crippen molar-refractivity contribution in [1.82, 2.24) is 9.97 Å². The molecule has 0 aliphatic rings. The van der Waals surface area contributed by atoms with Crippen LogP contribution in [0.2, 0.25) is 0 Å². The number of aryl methyl sites for hydroxylation is 1. The molecule has 1 aromatic carbocycles. The van der Waals surface area contributed by atoms with Crippen molar-refractivity contribution >= 4 is 34.2 Å². The van der Waals surface area contributed by atoms with Crippen molar-refractivity contribution in [3.63, 3.8) is 0 Å². The van der Waals surface area contributed by atoms with E-state index in [1.165, 1.54) is 5.94 Å². The highest BCUT2D eigenvalue weighted by atomic mass is 16.3. The molecule has 5 heteroatoms. The molecule has 108 valence electrons. The fourth-order valence-corrected chi connectivity index (χ4v) is 2.20. The van der Waals surface area contributed by atoms with Gasteiger partial charge in [0.1, 0.15) is 11.6 Å². The van der Waals surface area contributed by atoms with E-state index in [9.17, 15) is 9.90 Å². The van der Waals surface area contributed by atoms with Gasteiger partial charge in [-0.3, -0.25) is 0 Å². The van der Waals surface area contributed by atoms with Crippen molar-refractivity contribution in [3.05, 3.63) is 59.8 Å². The average Bonchev–Trinajstić information content (AvgIpc) is 2.53. The van der Waals surface area contributed by atoms with E-state index in [0.717, 1.165) is 10.9 Å². The molecular formula is C17H13N3O2. The smallest absolute Gasteiger partial charge is 0.210 e. The number of aliphatic hydroxyl groups is 1. The first-order chi connectivity index (χ1) is 10.7. The first kappa shape index (κ1) is 13.8. The fraction of sp³-hybridized carbons (Fsp3) is 0.0588. The SMILES string of the molecule is Cc1ccnc(Nc2ccc3cccc(C(O)=C=O)c3n2)c1. The number of aliphatic hydroxyl groups excluding tert-OH is 1. The van der Waals surface area contributed by atoms with E-state index in [4.69, 9.17) is 0 Å². The van der Waals surface area contributed by atoms with E-state index < -0.39 is 5.76 Å². The topological polar surface area (TPSA) is 75.1 Å². The van der Waals surface area contributed by atoms with Gasteiger partial charge < -0.3 is 10.4 Å². The Morgan fingerprint density at radius 2 is 2.05 bits per heavy atom. The van der Waals surface area contributed by atoms with Crippen LogP contribution in [0.4, 0.5) is 11.6 Å². The van der Waals surface area contributed by atoms with Gasteiger partial charge in [-0.05, 0) is 42.8 Å². The molecule has 3 rings (SSSR count). The monoisotopic (exact) mass is 291 g/mol. The quantitative estimate of drug-likeness (QED) is 0.571. The molecule has 0 aliphatic carbocycles. The molecule has 0 saturated carbocycles. The van der Waals surface area contributed by atoms with Gasteiger partial charge in [-0.1, -0.05) is 12.1 Å². The Kier molecular flexibility index (Phi) is 3.56. The second-order valence-corrected chi connectivity index (χ2v) is 4.87. The number of hydrogen-bond acceptors (Lipinski definition) is 5. The number of para-hydroxylation sites is 1. The minimum absolute atomic E-state index is 0.355. The van der Waals surface area contributed by atoms with Crippen molar-refractivity contribution < 1.29 is 9.90 Å². The molecule has 2 aromatic heterocycles. The second-order valence-electron chi connectivity index (χ2n) is 4.87. The molecule has 2 heterocycles. The van der Waals surface area contributed by atoms with Gasteiger partial charge in [-0.15, -0.1) is 0 Å². The Morgan fingerprint density at radius 3 is 2.82 bits per heavy atom. The van der Waals surface area contributed by atoms with Crippen molar-refractivity contribution in [3.8, 4) is 0 Å². The van der Waals surface area contributed by atoms with Gasteiger partial charge in [0.25, 0.3) is 0 Å². The van der Waals surface area contributed by atoms with Gasteiger partial charge in [-0.2, -0.15) is 0 Å². The summed E-state index contributed by atoms with van der Waals surface area (Å²) in [6.45, 7) is 1.98. The highest BCUT2D eigenvalue weighted by molar-refractivity contribution is 5.96. The van der Waals surface area contributed by atoms with Crippen LogP contribution in [-0.2, 0) is 4.79 Å². The molecule has 0 amide bonds. The number of nitrogens with zero attached hydrogens (tertiary/aromatic N) is 2. The summed E-state index contributed by atoms with van der Waals surface area (Å²) >= 11 is 0. The molecule has 0 unspecified atom stereocenters. The predicted molar refractivity (Wildman–Crippen MR) is 85.7 cm³/mol. The highest BCUT2D eigenvalue weighted by Crippen LogP contribution is 2.24. The normalized spacial score (nSPS) is 10.2. The van der Waals surface area contributed by atoms with Crippen LogP contribution >= 0.6 is 0 Å². The summed E-state index contributed by atoms with van der Waals surface area (Å²) in [7, 11) is 0. The zero-order chi connectivity index (χ0) is 15.5. The number of benzene rings is 1. The van der Waals surface area contributed by atoms with Crippen LogP contribution in [0, 0.1) is 6.92 Å². The van der Waals surface area contributed by atoms with Crippen LogP contribution in [0.1, 0.15) is 11.1 Å². The standard InChI is InChI=1S/C17H13N3O2/c1-11-7-8-18-16(9-11)19-15-6-5-12-3-2-4-13(14(22)10-21)17(12)20-15/h2-9,22H,1H3,(H,18,19,20). The van der Waals surface area contributed by atoms with E-state index >= 15 is 0 Å². The minimum Gasteiger partial charge on any atom is -0.498 e. The van der Waals surface area contributed by atoms with Gasteiger partial charge in [0.15, 0.2) is 5.94 Å². The van der Waals surface area contributed by atoms with Gasteiger partial charge in [-0.25, -0.2) is 14.8 Å². The molecule has 0 spiro atoms. The number of hydrogen-bond donors (Lipinski definition) is 2. The fourth-order valence-electron chi connectivity index (χ4n) is 2.20. The highest BCUT2D eigenvalue weighted by Gasteiger charge is 2.08. The van der Waals surface area contributed by atoms with Crippen LogP contribution in [-0.4, -0.2) is 21.0 Å². The molecular weight excluding hydrogens is 278 g/mol. The third-order valence-electron chi connectivity index (χ3n) is 3.24. The lowest BCUT2D eigenvalue weighted by molar-refractivity contribution is 0.504. The van der Waals surface area contributed by atoms with Gasteiger partial charge in [0, 0.05) is 11.6 Å². The molecule has 2 N–H and O–H groups in total. The van der Waals surface area contributed by atoms with Gasteiger partial charge >= 0.3 is 0 Å². The van der Waals surface area contributed by atoms with E-state index in [2.05, 4.69) is 15.3 Å². The third kappa shape index (κ3) is 2.66. The molecule has 0 fully saturated rings. The number of nitrogens with one attached hydrogen (secondary N) is 1. The summed E-state index contributed by atoms with van der Waals surface area (Å²) < 4.78 is 0. The van der Waals surface area contributed by atoms with Crippen LogP contribution < -0.4 is 5.32 Å². The summed E-state index contributed by atoms with van der Waals surface area (Å²) in [6, 6.07) is 12.7. The Labute approximate surface area is 127 Å². The third-order valence-corrected chi connectivity index (χ3v) is 3.24. The van der Waals surface area contributed by atoms with Crippen LogP contribution in [0.3, 0.4) is 0 Å². The minimum atomic E-state index is -0.455. The number of aromatic nitrogens is 2. The van der Waals surface area contributed by atoms with E-state index in [1.54, 1.807) is 18.3 Å². The number of pyridine rings is 2. The summed E-state index contributed by atoms with van der Waals surface area (Å²) in [5, 5.41) is 13.6. The number of fused-ring (bicyclic) bond motifs is 1. The molecule has 0 saturated heterocycles. The largest absolute Gasteiger partial charge is 0.498 e.